The highest BCUT2D eigenvalue weighted by Crippen LogP contribution is 2.28. The lowest BCUT2D eigenvalue weighted by Crippen LogP contribution is -1.92. The summed E-state index contributed by atoms with van der Waals surface area (Å²) in [5.74, 6) is 0.791. The molecule has 3 nitrogen and oxygen atoms in total. The van der Waals surface area contributed by atoms with Crippen LogP contribution in [0.25, 0.3) is 11.3 Å². The molecule has 0 spiro atoms. The molecule has 0 saturated carbocycles. The van der Waals surface area contributed by atoms with Gasteiger partial charge in [0.05, 0.1) is 6.26 Å². The molecule has 3 heteroatoms. The Labute approximate surface area is 82.5 Å². The minimum Gasteiger partial charge on any atom is -0.464 e. The van der Waals surface area contributed by atoms with Gasteiger partial charge in [-0.25, -0.2) is 0 Å². The maximum Gasteiger partial charge on any atom is 0.135 e. The van der Waals surface area contributed by atoms with Gasteiger partial charge >= 0.3 is 0 Å². The SMILES string of the molecule is CNc1ccc(N)c(-c2ccco2)c1. The van der Waals surface area contributed by atoms with E-state index in [1.165, 1.54) is 0 Å². The van der Waals surface area contributed by atoms with Crippen LogP contribution in [0.5, 0.6) is 0 Å². The van der Waals surface area contributed by atoms with Crippen LogP contribution in [0.3, 0.4) is 0 Å². The second-order valence-electron chi connectivity index (χ2n) is 3.03. The lowest BCUT2D eigenvalue weighted by Gasteiger charge is -2.05. The molecule has 0 atom stereocenters. The first kappa shape index (κ1) is 8.69. The highest BCUT2D eigenvalue weighted by molar-refractivity contribution is 5.76. The van der Waals surface area contributed by atoms with Crippen LogP contribution < -0.4 is 11.1 Å². The van der Waals surface area contributed by atoms with Crippen molar-refractivity contribution in [1.82, 2.24) is 0 Å². The summed E-state index contributed by atoms with van der Waals surface area (Å²) >= 11 is 0. The average Bonchev–Trinajstić information content (AvgIpc) is 2.71. The number of benzene rings is 1. The normalized spacial score (nSPS) is 10.1. The summed E-state index contributed by atoms with van der Waals surface area (Å²) < 4.78 is 5.29. The zero-order valence-corrected chi connectivity index (χ0v) is 7.95. The third-order valence-corrected chi connectivity index (χ3v) is 2.13. The van der Waals surface area contributed by atoms with Crippen LogP contribution in [0.1, 0.15) is 0 Å². The maximum atomic E-state index is 5.85. The van der Waals surface area contributed by atoms with E-state index in [9.17, 15) is 0 Å². The van der Waals surface area contributed by atoms with Crippen molar-refractivity contribution in [2.75, 3.05) is 18.1 Å². The lowest BCUT2D eigenvalue weighted by molar-refractivity contribution is 0.582. The minimum atomic E-state index is 0.721. The summed E-state index contributed by atoms with van der Waals surface area (Å²) in [6.45, 7) is 0. The molecule has 0 aliphatic rings. The van der Waals surface area contributed by atoms with Gasteiger partial charge in [-0.05, 0) is 30.3 Å². The van der Waals surface area contributed by atoms with Crippen LogP contribution in [0.2, 0.25) is 0 Å². The summed E-state index contributed by atoms with van der Waals surface area (Å²) in [5, 5.41) is 3.06. The van der Waals surface area contributed by atoms with Crippen LogP contribution in [-0.2, 0) is 0 Å². The summed E-state index contributed by atoms with van der Waals surface area (Å²) in [4.78, 5) is 0. The first-order valence-corrected chi connectivity index (χ1v) is 4.42. The van der Waals surface area contributed by atoms with E-state index in [1.807, 2.05) is 37.4 Å². The van der Waals surface area contributed by atoms with E-state index in [-0.39, 0.29) is 0 Å². The van der Waals surface area contributed by atoms with Gasteiger partial charge in [-0.1, -0.05) is 0 Å². The summed E-state index contributed by atoms with van der Waals surface area (Å²) in [5.41, 5.74) is 8.51. The van der Waals surface area contributed by atoms with Crippen molar-refractivity contribution < 1.29 is 4.42 Å². The molecular formula is C11H12N2O. The van der Waals surface area contributed by atoms with Crippen molar-refractivity contribution >= 4 is 11.4 Å². The molecule has 2 rings (SSSR count). The van der Waals surface area contributed by atoms with Crippen LogP contribution in [0.4, 0.5) is 11.4 Å². The number of furan rings is 1. The van der Waals surface area contributed by atoms with Gasteiger partial charge in [-0.15, -0.1) is 0 Å². The van der Waals surface area contributed by atoms with Crippen molar-refractivity contribution in [2.24, 2.45) is 0 Å². The van der Waals surface area contributed by atoms with E-state index >= 15 is 0 Å². The fraction of sp³-hybridized carbons (Fsp3) is 0.0909. The molecule has 1 heterocycles. The van der Waals surface area contributed by atoms with Gasteiger partial charge in [0.2, 0.25) is 0 Å². The molecule has 0 aliphatic heterocycles. The summed E-state index contributed by atoms with van der Waals surface area (Å²) in [6.07, 6.45) is 1.64. The largest absolute Gasteiger partial charge is 0.464 e. The van der Waals surface area contributed by atoms with E-state index in [0.717, 1.165) is 22.7 Å². The molecule has 1 aromatic heterocycles. The molecule has 0 aliphatic carbocycles. The number of hydrogen-bond donors (Lipinski definition) is 2. The number of rotatable bonds is 2. The van der Waals surface area contributed by atoms with Crippen molar-refractivity contribution in [3.63, 3.8) is 0 Å². The van der Waals surface area contributed by atoms with Crippen LogP contribution in [0.15, 0.2) is 41.0 Å². The first-order valence-electron chi connectivity index (χ1n) is 4.42. The van der Waals surface area contributed by atoms with Crippen molar-refractivity contribution in [3.8, 4) is 11.3 Å². The Morgan fingerprint density at radius 3 is 2.79 bits per heavy atom. The minimum absolute atomic E-state index is 0.721. The van der Waals surface area contributed by atoms with Crippen LogP contribution >= 0.6 is 0 Å². The van der Waals surface area contributed by atoms with E-state index in [1.54, 1.807) is 6.26 Å². The Morgan fingerprint density at radius 2 is 2.14 bits per heavy atom. The second kappa shape index (κ2) is 3.46. The number of nitrogens with one attached hydrogen (secondary N) is 1. The standard InChI is InChI=1S/C11H12N2O/c1-13-8-4-5-10(12)9(7-8)11-3-2-6-14-11/h2-7,13H,12H2,1H3. The second-order valence-corrected chi connectivity index (χ2v) is 3.03. The van der Waals surface area contributed by atoms with Gasteiger partial charge in [-0.2, -0.15) is 0 Å². The third kappa shape index (κ3) is 1.44. The number of hydrogen-bond acceptors (Lipinski definition) is 3. The number of anilines is 2. The fourth-order valence-corrected chi connectivity index (χ4v) is 1.36. The van der Waals surface area contributed by atoms with E-state index in [0.29, 0.717) is 0 Å². The van der Waals surface area contributed by atoms with Crippen LogP contribution in [0, 0.1) is 0 Å². The Hall–Kier alpha value is -1.90. The summed E-state index contributed by atoms with van der Waals surface area (Å²) in [7, 11) is 1.87. The van der Waals surface area contributed by atoms with Crippen molar-refractivity contribution in [1.29, 1.82) is 0 Å². The van der Waals surface area contributed by atoms with E-state index in [4.69, 9.17) is 10.2 Å². The number of nitrogens with two attached hydrogens (primary N) is 1. The molecule has 0 fully saturated rings. The number of nitrogen functional groups attached to an aromatic ring is 1. The van der Waals surface area contributed by atoms with Gasteiger partial charge in [0, 0.05) is 24.0 Å². The predicted molar refractivity (Wildman–Crippen MR) is 58.1 cm³/mol. The highest BCUT2D eigenvalue weighted by Gasteiger charge is 2.05. The van der Waals surface area contributed by atoms with Gasteiger partial charge in [0.15, 0.2) is 0 Å². The Bertz CT molecular complexity index is 421. The topological polar surface area (TPSA) is 51.2 Å². The zero-order chi connectivity index (χ0) is 9.97. The Morgan fingerprint density at radius 1 is 1.29 bits per heavy atom. The molecule has 3 N–H and O–H groups in total. The smallest absolute Gasteiger partial charge is 0.135 e. The first-order chi connectivity index (χ1) is 6.81. The molecule has 0 radical (unpaired) electrons. The van der Waals surface area contributed by atoms with Crippen molar-refractivity contribution in [2.45, 2.75) is 0 Å². The van der Waals surface area contributed by atoms with Gasteiger partial charge in [-0.3, -0.25) is 0 Å². The molecule has 0 saturated heterocycles. The van der Waals surface area contributed by atoms with Crippen molar-refractivity contribution in [3.05, 3.63) is 36.6 Å². The third-order valence-electron chi connectivity index (χ3n) is 2.13. The van der Waals surface area contributed by atoms with Crippen LogP contribution in [-0.4, -0.2) is 7.05 Å². The lowest BCUT2D eigenvalue weighted by atomic mass is 10.1. The van der Waals surface area contributed by atoms with Gasteiger partial charge in [0.1, 0.15) is 5.76 Å². The van der Waals surface area contributed by atoms with E-state index in [2.05, 4.69) is 5.32 Å². The van der Waals surface area contributed by atoms with Gasteiger partial charge in [0.25, 0.3) is 0 Å². The van der Waals surface area contributed by atoms with E-state index < -0.39 is 0 Å². The Balaban J connectivity index is 2.51. The van der Waals surface area contributed by atoms with Gasteiger partial charge < -0.3 is 15.5 Å². The highest BCUT2D eigenvalue weighted by atomic mass is 16.3. The quantitative estimate of drug-likeness (QED) is 0.712. The predicted octanol–water partition coefficient (Wildman–Crippen LogP) is 2.57. The molecular weight excluding hydrogens is 176 g/mol. The molecule has 1 aromatic carbocycles. The summed E-state index contributed by atoms with van der Waals surface area (Å²) in [6, 6.07) is 9.51. The molecule has 0 amide bonds. The Kier molecular flexibility index (Phi) is 2.14. The fourth-order valence-electron chi connectivity index (χ4n) is 1.36. The zero-order valence-electron chi connectivity index (χ0n) is 7.95. The average molecular weight is 188 g/mol. The molecule has 72 valence electrons. The molecule has 14 heavy (non-hydrogen) atoms. The molecule has 0 unspecified atom stereocenters. The monoisotopic (exact) mass is 188 g/mol. The molecule has 2 aromatic rings. The molecule has 0 bridgehead atoms. The maximum absolute atomic E-state index is 5.85.